The Kier molecular flexibility index (Phi) is 3.01. The molecule has 1 aromatic carbocycles. The summed E-state index contributed by atoms with van der Waals surface area (Å²) in [4.78, 5) is 0. The standard InChI is InChI=1S/C12H17ClN2/c1-12(5-6-12)15-8-11(14)9-3-2-4-10(13)7-9/h2-4,7,11,15H,5-6,8,14H2,1H3. The van der Waals surface area contributed by atoms with E-state index in [1.165, 1.54) is 12.8 Å². The van der Waals surface area contributed by atoms with Crippen LogP contribution in [0.15, 0.2) is 24.3 Å². The number of halogens is 1. The van der Waals surface area contributed by atoms with Gasteiger partial charge in [-0.15, -0.1) is 0 Å². The van der Waals surface area contributed by atoms with Crippen LogP contribution in [-0.4, -0.2) is 12.1 Å². The largest absolute Gasteiger partial charge is 0.323 e. The average molecular weight is 225 g/mol. The molecule has 1 unspecified atom stereocenters. The molecule has 3 N–H and O–H groups in total. The lowest BCUT2D eigenvalue weighted by Crippen LogP contribution is -2.34. The van der Waals surface area contributed by atoms with Gasteiger partial charge in [0.2, 0.25) is 0 Å². The van der Waals surface area contributed by atoms with Crippen molar-refractivity contribution in [1.82, 2.24) is 5.32 Å². The third-order valence-corrected chi connectivity index (χ3v) is 3.26. The fourth-order valence-corrected chi connectivity index (χ4v) is 1.77. The summed E-state index contributed by atoms with van der Waals surface area (Å²) in [5.41, 5.74) is 7.52. The van der Waals surface area contributed by atoms with Gasteiger partial charge in [0.15, 0.2) is 0 Å². The zero-order valence-electron chi connectivity index (χ0n) is 8.96. The summed E-state index contributed by atoms with van der Waals surface area (Å²) < 4.78 is 0. The van der Waals surface area contributed by atoms with Crippen molar-refractivity contribution in [2.75, 3.05) is 6.54 Å². The first-order valence-electron chi connectivity index (χ1n) is 5.35. The van der Waals surface area contributed by atoms with Gasteiger partial charge in [0.1, 0.15) is 0 Å². The smallest absolute Gasteiger partial charge is 0.0422 e. The molecule has 1 aliphatic rings. The molecule has 82 valence electrons. The Bertz CT molecular complexity index is 347. The van der Waals surface area contributed by atoms with Gasteiger partial charge in [0.25, 0.3) is 0 Å². The Hall–Kier alpha value is -0.570. The minimum Gasteiger partial charge on any atom is -0.323 e. The predicted octanol–water partition coefficient (Wildman–Crippen LogP) is 2.48. The molecule has 1 aromatic rings. The second kappa shape index (κ2) is 4.12. The molecule has 0 amide bonds. The molecule has 0 aromatic heterocycles. The van der Waals surface area contributed by atoms with Crippen LogP contribution in [0.25, 0.3) is 0 Å². The van der Waals surface area contributed by atoms with Gasteiger partial charge in [-0.05, 0) is 37.5 Å². The highest BCUT2D eigenvalue weighted by molar-refractivity contribution is 6.30. The summed E-state index contributed by atoms with van der Waals surface area (Å²) in [5.74, 6) is 0. The van der Waals surface area contributed by atoms with E-state index in [-0.39, 0.29) is 6.04 Å². The molecule has 1 atom stereocenters. The summed E-state index contributed by atoms with van der Waals surface area (Å²) in [7, 11) is 0. The number of benzene rings is 1. The van der Waals surface area contributed by atoms with Crippen LogP contribution in [0.1, 0.15) is 31.4 Å². The molecule has 0 bridgehead atoms. The van der Waals surface area contributed by atoms with E-state index in [2.05, 4.69) is 12.2 Å². The Labute approximate surface area is 95.8 Å². The molecule has 1 fully saturated rings. The summed E-state index contributed by atoms with van der Waals surface area (Å²) in [6, 6.07) is 7.79. The molecule has 0 heterocycles. The zero-order chi connectivity index (χ0) is 10.9. The summed E-state index contributed by atoms with van der Waals surface area (Å²) in [6.45, 7) is 3.05. The molecule has 0 saturated heterocycles. The van der Waals surface area contributed by atoms with Crippen LogP contribution in [0.3, 0.4) is 0 Å². The second-order valence-electron chi connectivity index (χ2n) is 4.60. The van der Waals surface area contributed by atoms with Gasteiger partial charge in [-0.3, -0.25) is 0 Å². The molecule has 1 aliphatic carbocycles. The molecular formula is C12H17ClN2. The van der Waals surface area contributed by atoms with Gasteiger partial charge in [-0.2, -0.15) is 0 Å². The van der Waals surface area contributed by atoms with Crippen molar-refractivity contribution in [2.45, 2.75) is 31.3 Å². The van der Waals surface area contributed by atoms with Gasteiger partial charge in [-0.25, -0.2) is 0 Å². The molecule has 15 heavy (non-hydrogen) atoms. The first-order valence-corrected chi connectivity index (χ1v) is 5.73. The summed E-state index contributed by atoms with van der Waals surface area (Å²) in [5, 5.41) is 4.23. The highest BCUT2D eigenvalue weighted by Gasteiger charge is 2.36. The Morgan fingerprint density at radius 3 is 2.87 bits per heavy atom. The predicted molar refractivity (Wildman–Crippen MR) is 64.0 cm³/mol. The van der Waals surface area contributed by atoms with Crippen molar-refractivity contribution in [1.29, 1.82) is 0 Å². The van der Waals surface area contributed by atoms with Gasteiger partial charge in [-0.1, -0.05) is 23.7 Å². The van der Waals surface area contributed by atoms with E-state index in [0.717, 1.165) is 17.1 Å². The Balaban J connectivity index is 1.92. The molecule has 0 spiro atoms. The van der Waals surface area contributed by atoms with Crippen LogP contribution in [0.4, 0.5) is 0 Å². The lowest BCUT2D eigenvalue weighted by molar-refractivity contribution is 0.500. The van der Waals surface area contributed by atoms with Crippen molar-refractivity contribution in [3.63, 3.8) is 0 Å². The van der Waals surface area contributed by atoms with Gasteiger partial charge in [0, 0.05) is 23.1 Å². The van der Waals surface area contributed by atoms with Gasteiger partial charge >= 0.3 is 0 Å². The molecule has 3 heteroatoms. The highest BCUT2D eigenvalue weighted by Crippen LogP contribution is 2.34. The Morgan fingerprint density at radius 2 is 2.27 bits per heavy atom. The van der Waals surface area contributed by atoms with E-state index in [9.17, 15) is 0 Å². The maximum absolute atomic E-state index is 6.08. The quantitative estimate of drug-likeness (QED) is 0.825. The van der Waals surface area contributed by atoms with Crippen LogP contribution in [0, 0.1) is 0 Å². The maximum atomic E-state index is 6.08. The third-order valence-electron chi connectivity index (χ3n) is 3.03. The van der Waals surface area contributed by atoms with Gasteiger partial charge in [0.05, 0.1) is 0 Å². The molecule has 2 rings (SSSR count). The van der Waals surface area contributed by atoms with Crippen LogP contribution < -0.4 is 11.1 Å². The van der Waals surface area contributed by atoms with Crippen molar-refractivity contribution >= 4 is 11.6 Å². The topological polar surface area (TPSA) is 38.0 Å². The maximum Gasteiger partial charge on any atom is 0.0422 e. The first kappa shape index (κ1) is 10.9. The number of hydrogen-bond donors (Lipinski definition) is 2. The van der Waals surface area contributed by atoms with Crippen molar-refractivity contribution < 1.29 is 0 Å². The van der Waals surface area contributed by atoms with Crippen molar-refractivity contribution in [3.05, 3.63) is 34.9 Å². The SMILES string of the molecule is CC1(NCC(N)c2cccc(Cl)c2)CC1. The Morgan fingerprint density at radius 1 is 1.53 bits per heavy atom. The lowest BCUT2D eigenvalue weighted by Gasteiger charge is -2.17. The van der Waals surface area contributed by atoms with Crippen molar-refractivity contribution in [3.8, 4) is 0 Å². The van der Waals surface area contributed by atoms with E-state index in [1.54, 1.807) is 0 Å². The number of nitrogens with two attached hydrogens (primary N) is 1. The van der Waals surface area contributed by atoms with Crippen LogP contribution in [-0.2, 0) is 0 Å². The molecule has 0 radical (unpaired) electrons. The normalized spacial score (nSPS) is 19.9. The van der Waals surface area contributed by atoms with Crippen LogP contribution in [0.5, 0.6) is 0 Å². The molecule has 0 aliphatic heterocycles. The molecular weight excluding hydrogens is 208 g/mol. The molecule has 2 nitrogen and oxygen atoms in total. The number of nitrogens with one attached hydrogen (secondary N) is 1. The third kappa shape index (κ3) is 2.94. The monoisotopic (exact) mass is 224 g/mol. The average Bonchev–Trinajstić information content (AvgIpc) is 2.94. The summed E-state index contributed by atoms with van der Waals surface area (Å²) in [6.07, 6.45) is 2.52. The minimum absolute atomic E-state index is 0.0288. The van der Waals surface area contributed by atoms with E-state index in [1.807, 2.05) is 24.3 Å². The van der Waals surface area contributed by atoms with Crippen LogP contribution in [0.2, 0.25) is 5.02 Å². The van der Waals surface area contributed by atoms with E-state index in [4.69, 9.17) is 17.3 Å². The van der Waals surface area contributed by atoms with Crippen LogP contribution >= 0.6 is 11.6 Å². The zero-order valence-corrected chi connectivity index (χ0v) is 9.72. The fourth-order valence-electron chi connectivity index (χ4n) is 1.58. The number of hydrogen-bond acceptors (Lipinski definition) is 2. The summed E-state index contributed by atoms with van der Waals surface area (Å²) >= 11 is 5.92. The van der Waals surface area contributed by atoms with E-state index < -0.39 is 0 Å². The second-order valence-corrected chi connectivity index (χ2v) is 5.04. The van der Waals surface area contributed by atoms with Crippen molar-refractivity contribution in [2.24, 2.45) is 5.73 Å². The molecule has 1 saturated carbocycles. The number of rotatable bonds is 4. The lowest BCUT2D eigenvalue weighted by atomic mass is 10.1. The fraction of sp³-hybridized carbons (Fsp3) is 0.500. The van der Waals surface area contributed by atoms with Gasteiger partial charge < -0.3 is 11.1 Å². The van der Waals surface area contributed by atoms with E-state index >= 15 is 0 Å². The highest BCUT2D eigenvalue weighted by atomic mass is 35.5. The minimum atomic E-state index is 0.0288. The first-order chi connectivity index (χ1) is 7.09. The van der Waals surface area contributed by atoms with E-state index in [0.29, 0.717) is 5.54 Å².